The summed E-state index contributed by atoms with van der Waals surface area (Å²) in [5.74, 6) is 1.10. The molecule has 0 atom stereocenters. The van der Waals surface area contributed by atoms with E-state index in [0.717, 1.165) is 15.7 Å². The van der Waals surface area contributed by atoms with Crippen LogP contribution in [0.3, 0.4) is 0 Å². The number of hydrogen-bond donors (Lipinski definition) is 1. The first kappa shape index (κ1) is 13.8. The number of halogens is 1. The highest BCUT2D eigenvalue weighted by molar-refractivity contribution is 9.10. The van der Waals surface area contributed by atoms with E-state index < -0.39 is 0 Å². The minimum absolute atomic E-state index is 0.495. The quantitative estimate of drug-likeness (QED) is 0.761. The van der Waals surface area contributed by atoms with Crippen LogP contribution in [0.2, 0.25) is 0 Å². The second kappa shape index (κ2) is 6.10. The summed E-state index contributed by atoms with van der Waals surface area (Å²) in [4.78, 5) is 0. The summed E-state index contributed by atoms with van der Waals surface area (Å²) in [6.45, 7) is 2.54. The van der Waals surface area contributed by atoms with Crippen LogP contribution in [0.4, 0.5) is 5.69 Å². The molecule has 1 aromatic heterocycles. The number of nitrogens with zero attached hydrogens (tertiary/aromatic N) is 2. The lowest BCUT2D eigenvalue weighted by atomic mass is 10.1. The Morgan fingerprint density at radius 2 is 1.90 bits per heavy atom. The Labute approximate surface area is 131 Å². The molecular weight excluding hydrogens is 330 g/mol. The molecule has 0 aliphatic rings. The topological polar surface area (TPSA) is 51.0 Å². The van der Waals surface area contributed by atoms with Gasteiger partial charge >= 0.3 is 0 Å². The molecule has 3 aromatic rings. The molecule has 1 N–H and O–H groups in total. The molecule has 0 aliphatic carbocycles. The molecule has 21 heavy (non-hydrogen) atoms. The minimum atomic E-state index is 0.495. The number of anilines is 1. The van der Waals surface area contributed by atoms with E-state index in [4.69, 9.17) is 4.42 Å². The lowest BCUT2D eigenvalue weighted by Gasteiger charge is -2.03. The van der Waals surface area contributed by atoms with E-state index in [9.17, 15) is 0 Å². The number of hydrogen-bond acceptors (Lipinski definition) is 4. The van der Waals surface area contributed by atoms with E-state index in [1.165, 1.54) is 5.56 Å². The average Bonchev–Trinajstić information content (AvgIpc) is 2.95. The van der Waals surface area contributed by atoms with E-state index in [-0.39, 0.29) is 0 Å². The van der Waals surface area contributed by atoms with Crippen molar-refractivity contribution in [2.24, 2.45) is 0 Å². The van der Waals surface area contributed by atoms with Gasteiger partial charge in [0, 0.05) is 15.7 Å². The molecule has 1 heterocycles. The Hall–Kier alpha value is -2.14. The van der Waals surface area contributed by atoms with E-state index in [0.29, 0.717) is 18.3 Å². The monoisotopic (exact) mass is 343 g/mol. The molecule has 0 saturated heterocycles. The van der Waals surface area contributed by atoms with Crippen LogP contribution in [0.25, 0.3) is 11.5 Å². The maximum atomic E-state index is 5.67. The molecular formula is C16H14BrN3O. The number of rotatable bonds is 4. The Balaban J connectivity index is 1.69. The van der Waals surface area contributed by atoms with Crippen molar-refractivity contribution in [3.63, 3.8) is 0 Å². The SMILES string of the molecule is Cc1ccc(-c2nnc(CNc3cccc(Br)c3)o2)cc1. The highest BCUT2D eigenvalue weighted by Crippen LogP contribution is 2.19. The summed E-state index contributed by atoms with van der Waals surface area (Å²) < 4.78 is 6.69. The van der Waals surface area contributed by atoms with Gasteiger partial charge < -0.3 is 9.73 Å². The van der Waals surface area contributed by atoms with Crippen molar-refractivity contribution < 1.29 is 4.42 Å². The van der Waals surface area contributed by atoms with Gasteiger partial charge in [0.25, 0.3) is 0 Å². The molecule has 0 bridgehead atoms. The van der Waals surface area contributed by atoms with Crippen LogP contribution < -0.4 is 5.32 Å². The van der Waals surface area contributed by atoms with Gasteiger partial charge in [-0.25, -0.2) is 0 Å². The van der Waals surface area contributed by atoms with Crippen LogP contribution >= 0.6 is 15.9 Å². The fourth-order valence-corrected chi connectivity index (χ4v) is 2.31. The standard InChI is InChI=1S/C16H14BrN3O/c1-11-5-7-12(8-6-11)16-20-19-15(21-16)10-18-14-4-2-3-13(17)9-14/h2-9,18H,10H2,1H3. The normalized spacial score (nSPS) is 10.6. The summed E-state index contributed by atoms with van der Waals surface area (Å²) in [5, 5.41) is 11.4. The van der Waals surface area contributed by atoms with Crippen LogP contribution in [0.15, 0.2) is 57.4 Å². The maximum absolute atomic E-state index is 5.67. The first-order chi connectivity index (χ1) is 10.2. The molecule has 4 nitrogen and oxygen atoms in total. The summed E-state index contributed by atoms with van der Waals surface area (Å²) in [6, 6.07) is 15.9. The van der Waals surface area contributed by atoms with Gasteiger partial charge in [0.05, 0.1) is 6.54 Å². The van der Waals surface area contributed by atoms with Crippen LogP contribution in [-0.2, 0) is 6.54 Å². The molecule has 0 saturated carbocycles. The fraction of sp³-hybridized carbons (Fsp3) is 0.125. The highest BCUT2D eigenvalue weighted by atomic mass is 79.9. The number of aromatic nitrogens is 2. The lowest BCUT2D eigenvalue weighted by Crippen LogP contribution is -1.99. The summed E-state index contributed by atoms with van der Waals surface area (Å²) in [6.07, 6.45) is 0. The zero-order valence-electron chi connectivity index (χ0n) is 11.5. The van der Waals surface area contributed by atoms with Gasteiger partial charge in [-0.3, -0.25) is 0 Å². The van der Waals surface area contributed by atoms with Crippen molar-refractivity contribution >= 4 is 21.6 Å². The van der Waals surface area contributed by atoms with Crippen LogP contribution in [0.5, 0.6) is 0 Å². The largest absolute Gasteiger partial charge is 0.419 e. The van der Waals surface area contributed by atoms with Crippen molar-refractivity contribution in [3.05, 3.63) is 64.5 Å². The third-order valence-corrected chi connectivity index (χ3v) is 3.53. The van der Waals surface area contributed by atoms with Crippen LogP contribution in [0, 0.1) is 6.92 Å². The van der Waals surface area contributed by atoms with E-state index in [2.05, 4.69) is 31.4 Å². The third kappa shape index (κ3) is 3.49. The molecule has 0 fully saturated rings. The van der Waals surface area contributed by atoms with Crippen LogP contribution in [0.1, 0.15) is 11.5 Å². The van der Waals surface area contributed by atoms with Gasteiger partial charge in [-0.2, -0.15) is 0 Å². The first-order valence-electron chi connectivity index (χ1n) is 6.59. The first-order valence-corrected chi connectivity index (χ1v) is 7.39. The van der Waals surface area contributed by atoms with Gasteiger partial charge in [-0.1, -0.05) is 39.7 Å². The van der Waals surface area contributed by atoms with Gasteiger partial charge in [-0.05, 0) is 37.3 Å². The predicted octanol–water partition coefficient (Wildman–Crippen LogP) is 4.42. The molecule has 2 aromatic carbocycles. The van der Waals surface area contributed by atoms with Crippen molar-refractivity contribution in [3.8, 4) is 11.5 Å². The second-order valence-electron chi connectivity index (χ2n) is 4.73. The number of nitrogens with one attached hydrogen (secondary N) is 1. The molecule has 5 heteroatoms. The minimum Gasteiger partial charge on any atom is -0.419 e. The molecule has 0 unspecified atom stereocenters. The molecule has 0 aliphatic heterocycles. The summed E-state index contributed by atoms with van der Waals surface area (Å²) >= 11 is 3.44. The zero-order chi connectivity index (χ0) is 14.7. The van der Waals surface area contributed by atoms with Crippen molar-refractivity contribution in [1.29, 1.82) is 0 Å². The van der Waals surface area contributed by atoms with Gasteiger partial charge in [-0.15, -0.1) is 10.2 Å². The van der Waals surface area contributed by atoms with Crippen molar-refractivity contribution in [2.75, 3.05) is 5.32 Å². The molecule has 0 radical (unpaired) electrons. The Morgan fingerprint density at radius 1 is 1.10 bits per heavy atom. The molecule has 106 valence electrons. The maximum Gasteiger partial charge on any atom is 0.247 e. The number of benzene rings is 2. The highest BCUT2D eigenvalue weighted by Gasteiger charge is 2.08. The Bertz CT molecular complexity index is 737. The van der Waals surface area contributed by atoms with E-state index in [1.807, 2.05) is 55.5 Å². The number of aryl methyl sites for hydroxylation is 1. The van der Waals surface area contributed by atoms with E-state index >= 15 is 0 Å². The van der Waals surface area contributed by atoms with Crippen molar-refractivity contribution in [1.82, 2.24) is 10.2 Å². The second-order valence-corrected chi connectivity index (χ2v) is 5.65. The van der Waals surface area contributed by atoms with E-state index in [1.54, 1.807) is 0 Å². The van der Waals surface area contributed by atoms with Crippen LogP contribution in [-0.4, -0.2) is 10.2 Å². The third-order valence-electron chi connectivity index (χ3n) is 3.03. The lowest BCUT2D eigenvalue weighted by molar-refractivity contribution is 0.515. The average molecular weight is 344 g/mol. The summed E-state index contributed by atoms with van der Waals surface area (Å²) in [7, 11) is 0. The van der Waals surface area contributed by atoms with Gasteiger partial charge in [0.2, 0.25) is 11.8 Å². The molecule has 3 rings (SSSR count). The summed E-state index contributed by atoms with van der Waals surface area (Å²) in [5.41, 5.74) is 3.14. The molecule has 0 amide bonds. The molecule has 0 spiro atoms. The zero-order valence-corrected chi connectivity index (χ0v) is 13.1. The van der Waals surface area contributed by atoms with Gasteiger partial charge in [0.15, 0.2) is 0 Å². The van der Waals surface area contributed by atoms with Crippen molar-refractivity contribution in [2.45, 2.75) is 13.5 Å². The smallest absolute Gasteiger partial charge is 0.247 e. The predicted molar refractivity (Wildman–Crippen MR) is 85.9 cm³/mol. The fourth-order valence-electron chi connectivity index (χ4n) is 1.91. The van der Waals surface area contributed by atoms with Gasteiger partial charge in [0.1, 0.15) is 0 Å². The Morgan fingerprint density at radius 3 is 2.67 bits per heavy atom. The Kier molecular flexibility index (Phi) is 4.01.